The molecule has 0 bridgehead atoms. The van der Waals surface area contributed by atoms with Gasteiger partial charge in [-0.3, -0.25) is 4.79 Å². The molecule has 25 heavy (non-hydrogen) atoms. The van der Waals surface area contributed by atoms with Crippen LogP contribution in [0.3, 0.4) is 0 Å². The van der Waals surface area contributed by atoms with Crippen LogP contribution in [-0.4, -0.2) is 53.6 Å². The first-order chi connectivity index (χ1) is 12.1. The molecule has 2 aliphatic rings. The molecule has 1 unspecified atom stereocenters. The summed E-state index contributed by atoms with van der Waals surface area (Å²) in [4.78, 5) is 26.2. The largest absolute Gasteiger partial charge is 0.338 e. The molecule has 0 radical (unpaired) electrons. The van der Waals surface area contributed by atoms with E-state index >= 15 is 0 Å². The van der Waals surface area contributed by atoms with Crippen LogP contribution in [0, 0.1) is 5.92 Å². The lowest BCUT2D eigenvalue weighted by molar-refractivity contribution is -0.132. The summed E-state index contributed by atoms with van der Waals surface area (Å²) in [6.07, 6.45) is 8.28. The lowest BCUT2D eigenvalue weighted by atomic mass is 9.81. The third-order valence-electron chi connectivity index (χ3n) is 5.28. The van der Waals surface area contributed by atoms with Crippen molar-refractivity contribution < 1.29 is 9.59 Å². The van der Waals surface area contributed by atoms with Gasteiger partial charge >= 0.3 is 6.03 Å². The summed E-state index contributed by atoms with van der Waals surface area (Å²) in [5.41, 5.74) is 6.22. The van der Waals surface area contributed by atoms with Gasteiger partial charge in [0.05, 0.1) is 11.9 Å². The van der Waals surface area contributed by atoms with E-state index in [9.17, 15) is 9.59 Å². The molecule has 0 aromatic carbocycles. The Morgan fingerprint density at radius 2 is 1.96 bits per heavy atom. The zero-order valence-corrected chi connectivity index (χ0v) is 16.3. The van der Waals surface area contributed by atoms with Gasteiger partial charge in [0.15, 0.2) is 0 Å². The average Bonchev–Trinajstić information content (AvgIpc) is 3.15. The standard InChI is InChI=1S/C18H34N4O2S/c1-2-3-4-5-10-20-18(24)21-15-8-6-14(7-9-15)16(19)17(23)22-11-12-25-13-22/h14-16H,2-13,19H2,1H3,(H2,20,21,24). The zero-order valence-electron chi connectivity index (χ0n) is 15.5. The number of amides is 3. The summed E-state index contributed by atoms with van der Waals surface area (Å²) < 4.78 is 0. The third kappa shape index (κ3) is 6.70. The molecule has 1 heterocycles. The number of rotatable bonds is 8. The highest BCUT2D eigenvalue weighted by Gasteiger charge is 2.33. The van der Waals surface area contributed by atoms with E-state index in [0.29, 0.717) is 0 Å². The number of urea groups is 1. The summed E-state index contributed by atoms with van der Waals surface area (Å²) in [7, 11) is 0. The van der Waals surface area contributed by atoms with Gasteiger partial charge in [-0.2, -0.15) is 0 Å². The Hall–Kier alpha value is -0.950. The van der Waals surface area contributed by atoms with Gasteiger partial charge in [0, 0.05) is 24.9 Å². The summed E-state index contributed by atoms with van der Waals surface area (Å²) in [6, 6.07) is -0.238. The fourth-order valence-electron chi connectivity index (χ4n) is 3.61. The van der Waals surface area contributed by atoms with E-state index in [2.05, 4.69) is 17.6 Å². The normalized spacial score (nSPS) is 24.8. The van der Waals surface area contributed by atoms with Crippen molar-refractivity contribution in [2.75, 3.05) is 24.7 Å². The molecule has 2 fully saturated rings. The van der Waals surface area contributed by atoms with Crippen molar-refractivity contribution in [1.82, 2.24) is 15.5 Å². The summed E-state index contributed by atoms with van der Waals surface area (Å²) >= 11 is 1.79. The van der Waals surface area contributed by atoms with Crippen molar-refractivity contribution >= 4 is 23.7 Å². The van der Waals surface area contributed by atoms with Gasteiger partial charge in [-0.1, -0.05) is 26.2 Å². The molecule has 144 valence electrons. The SMILES string of the molecule is CCCCCCNC(=O)NC1CCC(C(N)C(=O)N2CCSC2)CC1. The highest BCUT2D eigenvalue weighted by atomic mass is 32.2. The fraction of sp³-hybridized carbons (Fsp3) is 0.889. The molecule has 6 nitrogen and oxygen atoms in total. The monoisotopic (exact) mass is 370 g/mol. The maximum Gasteiger partial charge on any atom is 0.315 e. The average molecular weight is 371 g/mol. The van der Waals surface area contributed by atoms with Crippen molar-refractivity contribution in [3.63, 3.8) is 0 Å². The van der Waals surface area contributed by atoms with Gasteiger partial charge in [-0.25, -0.2) is 4.79 Å². The van der Waals surface area contributed by atoms with Gasteiger partial charge in [0.25, 0.3) is 0 Å². The maximum atomic E-state index is 12.4. The van der Waals surface area contributed by atoms with Crippen LogP contribution in [-0.2, 0) is 4.79 Å². The minimum Gasteiger partial charge on any atom is -0.338 e. The molecule has 1 saturated heterocycles. The van der Waals surface area contributed by atoms with E-state index in [-0.39, 0.29) is 29.9 Å². The highest BCUT2D eigenvalue weighted by molar-refractivity contribution is 7.99. The van der Waals surface area contributed by atoms with Crippen LogP contribution in [0.15, 0.2) is 0 Å². The smallest absolute Gasteiger partial charge is 0.315 e. The van der Waals surface area contributed by atoms with Gasteiger partial charge in [-0.15, -0.1) is 11.8 Å². The van der Waals surface area contributed by atoms with Crippen molar-refractivity contribution in [2.45, 2.75) is 70.4 Å². The predicted molar refractivity (Wildman–Crippen MR) is 103 cm³/mol. The molecule has 7 heteroatoms. The van der Waals surface area contributed by atoms with E-state index in [4.69, 9.17) is 5.73 Å². The number of carbonyl (C=O) groups is 2. The van der Waals surface area contributed by atoms with E-state index in [1.807, 2.05) is 4.90 Å². The van der Waals surface area contributed by atoms with Gasteiger partial charge in [0.2, 0.25) is 5.91 Å². The van der Waals surface area contributed by atoms with Crippen LogP contribution in [0.5, 0.6) is 0 Å². The number of unbranched alkanes of at least 4 members (excludes halogenated alkanes) is 3. The Morgan fingerprint density at radius 1 is 1.20 bits per heavy atom. The van der Waals surface area contributed by atoms with Gasteiger partial charge in [-0.05, 0) is 38.0 Å². The number of hydrogen-bond donors (Lipinski definition) is 3. The molecule has 1 aliphatic heterocycles. The molecule has 2 rings (SSSR count). The van der Waals surface area contributed by atoms with E-state index < -0.39 is 0 Å². The summed E-state index contributed by atoms with van der Waals surface area (Å²) in [5.74, 6) is 2.14. The molecule has 0 aromatic heterocycles. The van der Waals surface area contributed by atoms with Crippen LogP contribution in [0.25, 0.3) is 0 Å². The molecule has 0 spiro atoms. The van der Waals surface area contributed by atoms with Crippen molar-refractivity contribution in [3.8, 4) is 0 Å². The Bertz CT molecular complexity index is 421. The molecule has 1 atom stereocenters. The molecule has 1 aliphatic carbocycles. The first-order valence-electron chi connectivity index (χ1n) is 9.78. The van der Waals surface area contributed by atoms with Crippen LogP contribution in [0.4, 0.5) is 4.79 Å². The minimum atomic E-state index is -0.382. The molecular weight excluding hydrogens is 336 g/mol. The number of thioether (sulfide) groups is 1. The molecular formula is C18H34N4O2S. The lowest BCUT2D eigenvalue weighted by Gasteiger charge is -2.33. The number of nitrogens with one attached hydrogen (secondary N) is 2. The quantitative estimate of drug-likeness (QED) is 0.572. The highest BCUT2D eigenvalue weighted by Crippen LogP contribution is 2.28. The Morgan fingerprint density at radius 3 is 2.60 bits per heavy atom. The lowest BCUT2D eigenvalue weighted by Crippen LogP contribution is -2.50. The van der Waals surface area contributed by atoms with E-state index in [0.717, 1.165) is 56.8 Å². The minimum absolute atomic E-state index is 0.0607. The molecule has 1 saturated carbocycles. The second-order valence-corrected chi connectivity index (χ2v) is 8.31. The summed E-state index contributed by atoms with van der Waals surface area (Å²) in [5, 5.41) is 6.00. The number of nitrogens with two attached hydrogens (primary N) is 1. The number of hydrogen-bond acceptors (Lipinski definition) is 4. The van der Waals surface area contributed by atoms with E-state index in [1.54, 1.807) is 11.8 Å². The first-order valence-corrected chi connectivity index (χ1v) is 10.9. The van der Waals surface area contributed by atoms with Crippen LogP contribution in [0.2, 0.25) is 0 Å². The predicted octanol–water partition coefficient (Wildman–Crippen LogP) is 2.28. The number of nitrogens with zero attached hydrogens (tertiary/aromatic N) is 1. The maximum absolute atomic E-state index is 12.4. The van der Waals surface area contributed by atoms with Gasteiger partial charge < -0.3 is 21.3 Å². The van der Waals surface area contributed by atoms with Crippen LogP contribution >= 0.6 is 11.8 Å². The Balaban J connectivity index is 1.62. The second kappa shape index (κ2) is 10.9. The Kier molecular flexibility index (Phi) is 8.89. The zero-order chi connectivity index (χ0) is 18.1. The third-order valence-corrected chi connectivity index (χ3v) is 6.25. The second-order valence-electron chi connectivity index (χ2n) is 7.24. The van der Waals surface area contributed by atoms with Crippen molar-refractivity contribution in [2.24, 2.45) is 11.7 Å². The Labute approximate surface area is 156 Å². The van der Waals surface area contributed by atoms with Crippen molar-refractivity contribution in [1.29, 1.82) is 0 Å². The van der Waals surface area contributed by atoms with E-state index in [1.165, 1.54) is 19.3 Å². The summed E-state index contributed by atoms with van der Waals surface area (Å²) in [6.45, 7) is 3.75. The molecule has 4 N–H and O–H groups in total. The topological polar surface area (TPSA) is 87.5 Å². The molecule has 3 amide bonds. The van der Waals surface area contributed by atoms with Crippen LogP contribution in [0.1, 0.15) is 58.3 Å². The number of carbonyl (C=O) groups excluding carboxylic acids is 2. The van der Waals surface area contributed by atoms with Crippen molar-refractivity contribution in [3.05, 3.63) is 0 Å². The fourth-order valence-corrected chi connectivity index (χ4v) is 4.57. The first kappa shape index (κ1) is 20.4. The van der Waals surface area contributed by atoms with Gasteiger partial charge in [0.1, 0.15) is 0 Å². The van der Waals surface area contributed by atoms with Crippen LogP contribution < -0.4 is 16.4 Å². The molecule has 0 aromatic rings.